The van der Waals surface area contributed by atoms with Crippen molar-refractivity contribution in [2.45, 2.75) is 31.8 Å². The topological polar surface area (TPSA) is 78.5 Å². The Balaban J connectivity index is 1.39. The van der Waals surface area contributed by atoms with Crippen molar-refractivity contribution in [1.29, 1.82) is 0 Å². The number of carbonyl (C=O) groups excluding carboxylic acids is 1. The number of likely N-dealkylation sites (tertiary alicyclic amines) is 1. The SMILES string of the molecule is O=C(CCNS(=O)(=O)/C=C/c1ccccc1)NC1CCCN(Cc2ccccc2)C1. The number of carbonyl (C=O) groups is 1. The summed E-state index contributed by atoms with van der Waals surface area (Å²) in [5.74, 6) is -0.128. The Morgan fingerprint density at radius 3 is 2.50 bits per heavy atom. The van der Waals surface area contributed by atoms with Gasteiger partial charge in [0.25, 0.3) is 0 Å². The molecule has 2 aromatic rings. The third-order valence-corrected chi connectivity index (χ3v) is 6.12. The summed E-state index contributed by atoms with van der Waals surface area (Å²) in [6.07, 6.45) is 3.64. The van der Waals surface area contributed by atoms with Crippen molar-refractivity contribution in [3.05, 3.63) is 77.2 Å². The zero-order chi connectivity index (χ0) is 21.2. The van der Waals surface area contributed by atoms with E-state index in [1.54, 1.807) is 0 Å². The Hall–Kier alpha value is -2.48. The summed E-state index contributed by atoms with van der Waals surface area (Å²) in [6, 6.07) is 19.6. The lowest BCUT2D eigenvalue weighted by Crippen LogP contribution is -2.47. The van der Waals surface area contributed by atoms with E-state index in [-0.39, 0.29) is 24.9 Å². The van der Waals surface area contributed by atoms with Crippen LogP contribution >= 0.6 is 0 Å². The number of hydrogen-bond donors (Lipinski definition) is 2. The van der Waals surface area contributed by atoms with Gasteiger partial charge in [-0.1, -0.05) is 60.7 Å². The number of hydrogen-bond acceptors (Lipinski definition) is 4. The normalized spacial score (nSPS) is 17.8. The summed E-state index contributed by atoms with van der Waals surface area (Å²) >= 11 is 0. The largest absolute Gasteiger partial charge is 0.352 e. The molecule has 0 saturated carbocycles. The van der Waals surface area contributed by atoms with E-state index in [1.807, 2.05) is 48.5 Å². The number of piperidine rings is 1. The fraction of sp³-hybridized carbons (Fsp3) is 0.348. The maximum Gasteiger partial charge on any atom is 0.233 e. The van der Waals surface area contributed by atoms with Gasteiger partial charge in [0, 0.05) is 37.5 Å². The minimum absolute atomic E-state index is 0.0771. The van der Waals surface area contributed by atoms with Gasteiger partial charge in [-0.3, -0.25) is 9.69 Å². The highest BCUT2D eigenvalue weighted by atomic mass is 32.2. The van der Waals surface area contributed by atoms with E-state index in [0.717, 1.165) is 43.4 Å². The Morgan fingerprint density at radius 1 is 1.07 bits per heavy atom. The maximum atomic E-state index is 12.3. The van der Waals surface area contributed by atoms with Crippen molar-refractivity contribution in [2.24, 2.45) is 0 Å². The molecule has 1 aliphatic rings. The molecule has 30 heavy (non-hydrogen) atoms. The van der Waals surface area contributed by atoms with Gasteiger partial charge in [0.1, 0.15) is 0 Å². The second-order valence-corrected chi connectivity index (χ2v) is 9.18. The average molecular weight is 428 g/mol. The smallest absolute Gasteiger partial charge is 0.233 e. The van der Waals surface area contributed by atoms with Crippen LogP contribution in [0.1, 0.15) is 30.4 Å². The Labute approximate surface area is 179 Å². The van der Waals surface area contributed by atoms with Crippen LogP contribution in [0.15, 0.2) is 66.1 Å². The minimum atomic E-state index is -3.57. The molecular formula is C23H29N3O3S. The van der Waals surface area contributed by atoms with Crippen LogP contribution in [0.3, 0.4) is 0 Å². The van der Waals surface area contributed by atoms with Crippen molar-refractivity contribution in [3.63, 3.8) is 0 Å². The van der Waals surface area contributed by atoms with Crippen LogP contribution < -0.4 is 10.0 Å². The molecule has 7 heteroatoms. The predicted molar refractivity (Wildman–Crippen MR) is 120 cm³/mol. The molecule has 1 heterocycles. The molecule has 2 aromatic carbocycles. The summed E-state index contributed by atoms with van der Waals surface area (Å²) in [5, 5.41) is 4.17. The molecule has 1 fully saturated rings. The van der Waals surface area contributed by atoms with Crippen LogP contribution in [0, 0.1) is 0 Å². The first-order chi connectivity index (χ1) is 14.5. The summed E-state index contributed by atoms with van der Waals surface area (Å²) in [5.41, 5.74) is 2.07. The van der Waals surface area contributed by atoms with Crippen LogP contribution in [0.5, 0.6) is 0 Å². The number of nitrogens with zero attached hydrogens (tertiary/aromatic N) is 1. The number of amides is 1. The van der Waals surface area contributed by atoms with E-state index in [2.05, 4.69) is 27.1 Å². The van der Waals surface area contributed by atoms with Crippen LogP contribution in [-0.2, 0) is 21.4 Å². The highest BCUT2D eigenvalue weighted by molar-refractivity contribution is 7.92. The lowest BCUT2D eigenvalue weighted by Gasteiger charge is -2.33. The van der Waals surface area contributed by atoms with Gasteiger partial charge in [0.15, 0.2) is 0 Å². The van der Waals surface area contributed by atoms with Gasteiger partial charge in [0.2, 0.25) is 15.9 Å². The maximum absolute atomic E-state index is 12.3. The van der Waals surface area contributed by atoms with Crippen molar-refractivity contribution >= 4 is 22.0 Å². The monoisotopic (exact) mass is 427 g/mol. The van der Waals surface area contributed by atoms with Crippen LogP contribution in [0.25, 0.3) is 6.08 Å². The second-order valence-electron chi connectivity index (χ2n) is 7.53. The van der Waals surface area contributed by atoms with Crippen LogP contribution in [0.4, 0.5) is 0 Å². The molecule has 0 aromatic heterocycles. The molecule has 0 bridgehead atoms. The molecular weight excluding hydrogens is 398 g/mol. The summed E-state index contributed by atoms with van der Waals surface area (Å²) in [6.45, 7) is 2.79. The van der Waals surface area contributed by atoms with Crippen molar-refractivity contribution in [1.82, 2.24) is 14.9 Å². The van der Waals surface area contributed by atoms with E-state index in [9.17, 15) is 13.2 Å². The lowest BCUT2D eigenvalue weighted by molar-refractivity contribution is -0.122. The third kappa shape index (κ3) is 7.74. The highest BCUT2D eigenvalue weighted by Gasteiger charge is 2.21. The van der Waals surface area contributed by atoms with Gasteiger partial charge < -0.3 is 5.32 Å². The van der Waals surface area contributed by atoms with Gasteiger partial charge >= 0.3 is 0 Å². The molecule has 0 spiro atoms. The van der Waals surface area contributed by atoms with Gasteiger partial charge in [-0.05, 0) is 36.6 Å². The third-order valence-electron chi connectivity index (χ3n) is 5.01. The zero-order valence-electron chi connectivity index (χ0n) is 17.0. The molecule has 6 nitrogen and oxygen atoms in total. The number of benzene rings is 2. The average Bonchev–Trinajstić information content (AvgIpc) is 2.74. The van der Waals surface area contributed by atoms with E-state index >= 15 is 0 Å². The molecule has 2 N–H and O–H groups in total. The first kappa shape index (κ1) is 22.2. The predicted octanol–water partition coefficient (Wildman–Crippen LogP) is 2.75. The van der Waals surface area contributed by atoms with Crippen LogP contribution in [0.2, 0.25) is 0 Å². The summed E-state index contributed by atoms with van der Waals surface area (Å²) in [7, 11) is -3.57. The highest BCUT2D eigenvalue weighted by Crippen LogP contribution is 2.14. The Bertz CT molecular complexity index is 931. The summed E-state index contributed by atoms with van der Waals surface area (Å²) < 4.78 is 26.6. The Kier molecular flexibility index (Phi) is 8.19. The molecule has 1 unspecified atom stereocenters. The summed E-state index contributed by atoms with van der Waals surface area (Å²) in [4.78, 5) is 14.6. The number of sulfonamides is 1. The number of nitrogens with one attached hydrogen (secondary N) is 2. The van der Waals surface area contributed by atoms with Gasteiger partial charge in [-0.25, -0.2) is 13.1 Å². The van der Waals surface area contributed by atoms with Gasteiger partial charge in [-0.2, -0.15) is 0 Å². The molecule has 1 aliphatic heterocycles. The first-order valence-electron chi connectivity index (χ1n) is 10.3. The molecule has 1 amide bonds. The van der Waals surface area contributed by atoms with Crippen molar-refractivity contribution in [3.8, 4) is 0 Å². The molecule has 0 aliphatic carbocycles. The van der Waals surface area contributed by atoms with Gasteiger partial charge in [-0.15, -0.1) is 0 Å². The molecule has 1 atom stereocenters. The van der Waals surface area contributed by atoms with E-state index < -0.39 is 10.0 Å². The van der Waals surface area contributed by atoms with Crippen molar-refractivity contribution in [2.75, 3.05) is 19.6 Å². The fourth-order valence-electron chi connectivity index (χ4n) is 3.55. The van der Waals surface area contributed by atoms with Crippen LogP contribution in [-0.4, -0.2) is 44.9 Å². The standard InChI is InChI=1S/C23H29N3O3S/c27-23(13-15-24-30(28,29)17-14-20-8-3-1-4-9-20)25-22-12-7-16-26(19-22)18-21-10-5-2-6-11-21/h1-6,8-11,14,17,22,24H,7,12-13,15-16,18-19H2,(H,25,27)/b17-14+. The Morgan fingerprint density at radius 2 is 1.77 bits per heavy atom. The quantitative estimate of drug-likeness (QED) is 0.645. The number of rotatable bonds is 9. The molecule has 1 saturated heterocycles. The fourth-order valence-corrected chi connectivity index (χ4v) is 4.36. The minimum Gasteiger partial charge on any atom is -0.352 e. The molecule has 3 rings (SSSR count). The van der Waals surface area contributed by atoms with E-state index in [1.165, 1.54) is 11.6 Å². The van der Waals surface area contributed by atoms with Crippen molar-refractivity contribution < 1.29 is 13.2 Å². The first-order valence-corrected chi connectivity index (χ1v) is 11.8. The second kappa shape index (κ2) is 11.1. The lowest BCUT2D eigenvalue weighted by atomic mass is 10.0. The van der Waals surface area contributed by atoms with Gasteiger partial charge in [0.05, 0.1) is 0 Å². The molecule has 0 radical (unpaired) electrons. The molecule has 160 valence electrons. The van der Waals surface area contributed by atoms with E-state index in [4.69, 9.17) is 0 Å². The van der Waals surface area contributed by atoms with E-state index in [0.29, 0.717) is 0 Å². The zero-order valence-corrected chi connectivity index (χ0v) is 17.9.